The molecule has 0 aliphatic carbocycles. The van der Waals surface area contributed by atoms with Crippen LogP contribution in [0.25, 0.3) is 66.1 Å². The molecule has 0 bridgehead atoms. The van der Waals surface area contributed by atoms with Gasteiger partial charge in [-0.05, 0) is 46.5 Å². The number of furan rings is 2. The molecule has 0 spiro atoms. The van der Waals surface area contributed by atoms with Gasteiger partial charge in [-0.2, -0.15) is 0 Å². The number of hydrogen-bond acceptors (Lipinski definition) is 5. The first-order valence-electron chi connectivity index (χ1n) is 16.8. The maximum absolute atomic E-state index is 6.70. The number of aliphatic imine (C=N–C) groups is 2. The number of rotatable bonds is 5. The summed E-state index contributed by atoms with van der Waals surface area (Å²) in [6, 6.07) is 56.3. The molecule has 7 aromatic carbocycles. The molecule has 0 saturated heterocycles. The zero-order chi connectivity index (χ0) is 33.0. The Morgan fingerprint density at radius 3 is 1.86 bits per heavy atom. The molecule has 10 rings (SSSR count). The molecule has 50 heavy (non-hydrogen) atoms. The summed E-state index contributed by atoms with van der Waals surface area (Å²) < 4.78 is 13.0. The summed E-state index contributed by atoms with van der Waals surface area (Å²) in [6.45, 7) is 0. The Morgan fingerprint density at radius 2 is 1.04 bits per heavy atom. The van der Waals surface area contributed by atoms with E-state index < -0.39 is 6.17 Å². The number of benzene rings is 7. The lowest BCUT2D eigenvalue weighted by molar-refractivity contribution is 0.660. The zero-order valence-corrected chi connectivity index (χ0v) is 26.9. The number of fused-ring (bicyclic) bond motifs is 6. The van der Waals surface area contributed by atoms with E-state index in [1.807, 2.05) is 60.7 Å². The molecule has 3 heterocycles. The fourth-order valence-corrected chi connectivity index (χ4v) is 7.24. The maximum Gasteiger partial charge on any atom is 0.163 e. The van der Waals surface area contributed by atoms with Crippen molar-refractivity contribution in [2.75, 3.05) is 0 Å². The predicted octanol–water partition coefficient (Wildman–Crippen LogP) is 11.3. The van der Waals surface area contributed by atoms with Gasteiger partial charge in [0, 0.05) is 32.7 Å². The van der Waals surface area contributed by atoms with Crippen LogP contribution in [0.5, 0.6) is 0 Å². The van der Waals surface area contributed by atoms with Crippen molar-refractivity contribution in [1.29, 1.82) is 0 Å². The first kappa shape index (κ1) is 28.3. The van der Waals surface area contributed by atoms with Gasteiger partial charge in [0.15, 0.2) is 5.84 Å². The van der Waals surface area contributed by atoms with Crippen LogP contribution in [0.3, 0.4) is 0 Å². The maximum atomic E-state index is 6.70. The second kappa shape index (κ2) is 11.5. The second-order valence-corrected chi connectivity index (χ2v) is 12.6. The topological polar surface area (TPSA) is 63.0 Å². The molecule has 1 unspecified atom stereocenters. The van der Waals surface area contributed by atoms with Crippen LogP contribution in [0, 0.1) is 0 Å². The van der Waals surface area contributed by atoms with Crippen molar-refractivity contribution in [2.24, 2.45) is 9.98 Å². The fraction of sp³-hybridized carbons (Fsp3) is 0.0222. The Kier molecular flexibility index (Phi) is 6.49. The van der Waals surface area contributed by atoms with E-state index in [1.54, 1.807) is 0 Å². The molecule has 2 aromatic heterocycles. The van der Waals surface area contributed by atoms with Gasteiger partial charge in [-0.15, -0.1) is 0 Å². The van der Waals surface area contributed by atoms with Crippen LogP contribution in [0.4, 0.5) is 0 Å². The van der Waals surface area contributed by atoms with Crippen molar-refractivity contribution in [3.05, 3.63) is 180 Å². The van der Waals surface area contributed by atoms with Gasteiger partial charge in [-0.25, -0.2) is 9.98 Å². The molecule has 1 N–H and O–H groups in total. The highest BCUT2D eigenvalue weighted by Gasteiger charge is 2.26. The smallest absolute Gasteiger partial charge is 0.163 e. The van der Waals surface area contributed by atoms with Crippen LogP contribution in [0.15, 0.2) is 183 Å². The van der Waals surface area contributed by atoms with Crippen molar-refractivity contribution in [3.8, 4) is 22.3 Å². The number of nitrogens with zero attached hydrogens (tertiary/aromatic N) is 2. The molecule has 9 aromatic rings. The van der Waals surface area contributed by atoms with Crippen molar-refractivity contribution >= 4 is 55.5 Å². The van der Waals surface area contributed by atoms with E-state index in [9.17, 15) is 0 Å². The number of amidine groups is 2. The van der Waals surface area contributed by atoms with Gasteiger partial charge in [-0.1, -0.05) is 140 Å². The van der Waals surface area contributed by atoms with Crippen LogP contribution in [0.2, 0.25) is 0 Å². The summed E-state index contributed by atoms with van der Waals surface area (Å²) in [5.74, 6) is 1.36. The molecular weight excluding hydrogens is 615 g/mol. The number of hydrogen-bond donors (Lipinski definition) is 1. The average Bonchev–Trinajstić information content (AvgIpc) is 3.77. The standard InChI is InChI=1S/C45H29N3O2/c1-3-12-28(13-4-1)29-24-26-30(27-25-29)32-17-10-23-39-40(32)34-18-9-20-36(42(34)50-39)45-47-43(31-14-5-2-6-15-31)46-44(48-45)35-19-11-22-38-41(35)33-16-7-8-21-37(33)49-38/h1-27,44H,(H,46,47,48). The summed E-state index contributed by atoms with van der Waals surface area (Å²) in [6.07, 6.45) is -0.416. The summed E-state index contributed by atoms with van der Waals surface area (Å²) in [5.41, 5.74) is 10.7. The third-order valence-corrected chi connectivity index (χ3v) is 9.59. The lowest BCUT2D eigenvalue weighted by Crippen LogP contribution is -2.33. The molecule has 1 atom stereocenters. The highest BCUT2D eigenvalue weighted by Crippen LogP contribution is 2.40. The second-order valence-electron chi connectivity index (χ2n) is 12.6. The monoisotopic (exact) mass is 643 g/mol. The van der Waals surface area contributed by atoms with Crippen LogP contribution in [-0.4, -0.2) is 11.7 Å². The third-order valence-electron chi connectivity index (χ3n) is 9.59. The van der Waals surface area contributed by atoms with Crippen LogP contribution in [-0.2, 0) is 0 Å². The average molecular weight is 644 g/mol. The van der Waals surface area contributed by atoms with E-state index in [-0.39, 0.29) is 0 Å². The minimum absolute atomic E-state index is 0.416. The van der Waals surface area contributed by atoms with Crippen LogP contribution < -0.4 is 5.32 Å². The van der Waals surface area contributed by atoms with Crippen molar-refractivity contribution < 1.29 is 8.83 Å². The normalized spacial score (nSPS) is 14.6. The molecule has 0 saturated carbocycles. The first-order chi connectivity index (χ1) is 24.8. The van der Waals surface area contributed by atoms with E-state index >= 15 is 0 Å². The summed E-state index contributed by atoms with van der Waals surface area (Å²) in [5, 5.41) is 7.85. The molecule has 236 valence electrons. The highest BCUT2D eigenvalue weighted by atomic mass is 16.3. The minimum Gasteiger partial charge on any atom is -0.456 e. The fourth-order valence-electron chi connectivity index (χ4n) is 7.24. The lowest BCUT2D eigenvalue weighted by Gasteiger charge is -2.24. The summed E-state index contributed by atoms with van der Waals surface area (Å²) in [7, 11) is 0. The molecule has 5 nitrogen and oxygen atoms in total. The summed E-state index contributed by atoms with van der Waals surface area (Å²) in [4.78, 5) is 10.4. The predicted molar refractivity (Wildman–Crippen MR) is 204 cm³/mol. The van der Waals surface area contributed by atoms with Gasteiger partial charge in [0.2, 0.25) is 0 Å². The van der Waals surface area contributed by atoms with Gasteiger partial charge in [0.05, 0.1) is 5.56 Å². The van der Waals surface area contributed by atoms with Gasteiger partial charge in [0.1, 0.15) is 34.3 Å². The molecule has 1 aliphatic heterocycles. The van der Waals surface area contributed by atoms with Crippen molar-refractivity contribution in [1.82, 2.24) is 5.32 Å². The van der Waals surface area contributed by atoms with Gasteiger partial charge < -0.3 is 14.2 Å². The van der Waals surface area contributed by atoms with E-state index in [4.69, 9.17) is 18.8 Å². The molecular formula is C45H29N3O2. The Balaban J connectivity index is 1.14. The SMILES string of the molecule is c1ccc(C2=NC(c3cccc4c3oc3cccc(-c5ccc(-c6ccccc6)cc5)c34)=NC(c3cccc4oc5ccccc5c34)N2)cc1. The molecule has 0 radical (unpaired) electrons. The highest BCUT2D eigenvalue weighted by molar-refractivity contribution is 6.21. The Morgan fingerprint density at radius 1 is 0.440 bits per heavy atom. The van der Waals surface area contributed by atoms with E-state index in [2.05, 4.69) is 108 Å². The Bertz CT molecular complexity index is 2770. The largest absolute Gasteiger partial charge is 0.456 e. The quantitative estimate of drug-likeness (QED) is 0.203. The summed E-state index contributed by atoms with van der Waals surface area (Å²) >= 11 is 0. The molecule has 1 aliphatic rings. The lowest BCUT2D eigenvalue weighted by atomic mass is 9.96. The molecule has 0 fully saturated rings. The minimum atomic E-state index is -0.416. The van der Waals surface area contributed by atoms with Gasteiger partial charge >= 0.3 is 0 Å². The van der Waals surface area contributed by atoms with Crippen molar-refractivity contribution in [2.45, 2.75) is 6.17 Å². The zero-order valence-electron chi connectivity index (χ0n) is 26.9. The molecule has 0 amide bonds. The van der Waals surface area contributed by atoms with E-state index in [0.717, 1.165) is 77.5 Å². The van der Waals surface area contributed by atoms with E-state index in [1.165, 1.54) is 11.1 Å². The van der Waals surface area contributed by atoms with E-state index in [0.29, 0.717) is 5.84 Å². The first-order valence-corrected chi connectivity index (χ1v) is 16.8. The molecule has 5 heteroatoms. The van der Waals surface area contributed by atoms with Crippen LogP contribution >= 0.6 is 0 Å². The van der Waals surface area contributed by atoms with Gasteiger partial charge in [0.25, 0.3) is 0 Å². The van der Waals surface area contributed by atoms with Gasteiger partial charge in [-0.3, -0.25) is 0 Å². The third kappa shape index (κ3) is 4.63. The van der Waals surface area contributed by atoms with Crippen LogP contribution in [0.1, 0.15) is 22.9 Å². The van der Waals surface area contributed by atoms with Crippen molar-refractivity contribution in [3.63, 3.8) is 0 Å². The number of para-hydroxylation sites is 2. The number of nitrogens with one attached hydrogen (secondary N) is 1. The Hall–Kier alpha value is -6.72. The Labute approximate surface area is 287 Å².